The second-order valence-corrected chi connectivity index (χ2v) is 6.88. The molecule has 1 aromatic rings. The Morgan fingerprint density at radius 3 is 2.61 bits per heavy atom. The van der Waals surface area contributed by atoms with Crippen LogP contribution in [0, 0.1) is 0 Å². The summed E-state index contributed by atoms with van der Waals surface area (Å²) >= 11 is 1.50. The summed E-state index contributed by atoms with van der Waals surface area (Å²) in [7, 11) is 0. The highest BCUT2D eigenvalue weighted by molar-refractivity contribution is 7.10. The van der Waals surface area contributed by atoms with Gasteiger partial charge in [-0.25, -0.2) is 0 Å². The van der Waals surface area contributed by atoms with Gasteiger partial charge in [0, 0.05) is 17.8 Å². The average molecular weight is 337 g/mol. The van der Waals surface area contributed by atoms with E-state index in [1.165, 1.54) is 18.3 Å². The largest absolute Gasteiger partial charge is 0.368 e. The van der Waals surface area contributed by atoms with Crippen molar-refractivity contribution in [2.45, 2.75) is 51.1 Å². The van der Waals surface area contributed by atoms with E-state index in [2.05, 4.69) is 5.32 Å². The summed E-state index contributed by atoms with van der Waals surface area (Å²) in [6.07, 6.45) is 4.08. The number of rotatable bonds is 7. The van der Waals surface area contributed by atoms with E-state index in [0.29, 0.717) is 0 Å². The van der Waals surface area contributed by atoms with Gasteiger partial charge in [-0.05, 0) is 24.3 Å². The van der Waals surface area contributed by atoms with Crippen LogP contribution in [0.5, 0.6) is 0 Å². The Morgan fingerprint density at radius 1 is 1.39 bits per heavy atom. The molecule has 0 saturated heterocycles. The third-order valence-electron chi connectivity index (χ3n) is 4.05. The first-order valence-electron chi connectivity index (χ1n) is 7.85. The molecule has 23 heavy (non-hydrogen) atoms. The molecule has 1 aliphatic carbocycles. The highest BCUT2D eigenvalue weighted by Gasteiger charge is 2.30. The molecule has 3 N–H and O–H groups in total. The Hall–Kier alpha value is -1.89. The number of amides is 3. The summed E-state index contributed by atoms with van der Waals surface area (Å²) in [5.41, 5.74) is 5.30. The highest BCUT2D eigenvalue weighted by atomic mass is 32.1. The molecular formula is C16H23N3O3S. The standard InChI is InChI=1S/C16H23N3O3S/c1-11(20)18-13(14-7-4-8-23-14)9-16(22)19(10-15(17)21)12-5-2-3-6-12/h4,7-8,12-13H,2-3,5-6,9-10H2,1H3,(H2,17,21)(H,18,20)/t13-/m1/s1. The van der Waals surface area contributed by atoms with Gasteiger partial charge in [0.15, 0.2) is 0 Å². The zero-order chi connectivity index (χ0) is 16.8. The van der Waals surface area contributed by atoms with Crippen LogP contribution in [0.2, 0.25) is 0 Å². The minimum absolute atomic E-state index is 0.0548. The Kier molecular flexibility index (Phi) is 6.15. The molecule has 1 atom stereocenters. The van der Waals surface area contributed by atoms with Crippen molar-refractivity contribution in [1.29, 1.82) is 0 Å². The molecule has 126 valence electrons. The fourth-order valence-corrected chi connectivity index (χ4v) is 3.83. The van der Waals surface area contributed by atoms with Crippen LogP contribution in [0.4, 0.5) is 0 Å². The van der Waals surface area contributed by atoms with Crippen LogP contribution in [0.3, 0.4) is 0 Å². The molecular weight excluding hydrogens is 314 g/mol. The number of thiophene rings is 1. The molecule has 1 aromatic heterocycles. The maximum Gasteiger partial charge on any atom is 0.237 e. The molecule has 2 rings (SSSR count). The lowest BCUT2D eigenvalue weighted by atomic mass is 10.1. The maximum atomic E-state index is 12.7. The van der Waals surface area contributed by atoms with Gasteiger partial charge in [0.1, 0.15) is 0 Å². The third kappa shape index (κ3) is 5.06. The van der Waals surface area contributed by atoms with Crippen LogP contribution in [-0.4, -0.2) is 35.2 Å². The summed E-state index contributed by atoms with van der Waals surface area (Å²) in [4.78, 5) is 38.0. The number of nitrogens with one attached hydrogen (secondary N) is 1. The smallest absolute Gasteiger partial charge is 0.237 e. The van der Waals surface area contributed by atoms with Crippen molar-refractivity contribution < 1.29 is 14.4 Å². The lowest BCUT2D eigenvalue weighted by molar-refractivity contribution is -0.138. The zero-order valence-electron chi connectivity index (χ0n) is 13.3. The van der Waals surface area contributed by atoms with E-state index in [9.17, 15) is 14.4 Å². The normalized spacial score (nSPS) is 16.0. The van der Waals surface area contributed by atoms with E-state index in [-0.39, 0.29) is 36.9 Å². The maximum absolute atomic E-state index is 12.7. The SMILES string of the molecule is CC(=O)N[C@H](CC(=O)N(CC(N)=O)C1CCCC1)c1cccs1. The van der Waals surface area contributed by atoms with Crippen molar-refractivity contribution in [2.24, 2.45) is 5.73 Å². The summed E-state index contributed by atoms with van der Waals surface area (Å²) in [6, 6.07) is 3.50. The second-order valence-electron chi connectivity index (χ2n) is 5.90. The second kappa shape index (κ2) is 8.10. The van der Waals surface area contributed by atoms with Gasteiger partial charge >= 0.3 is 0 Å². The fraction of sp³-hybridized carbons (Fsp3) is 0.562. The molecule has 1 heterocycles. The number of carbonyl (C=O) groups excluding carboxylic acids is 3. The number of nitrogens with two attached hydrogens (primary N) is 1. The lowest BCUT2D eigenvalue weighted by Crippen LogP contribution is -2.45. The first-order chi connectivity index (χ1) is 11.0. The van der Waals surface area contributed by atoms with Crippen LogP contribution >= 0.6 is 11.3 Å². The Labute approximate surface area is 140 Å². The molecule has 7 heteroatoms. The number of primary amides is 1. The highest BCUT2D eigenvalue weighted by Crippen LogP contribution is 2.27. The topological polar surface area (TPSA) is 92.5 Å². The van der Waals surface area contributed by atoms with Crippen LogP contribution in [0.1, 0.15) is 49.9 Å². The molecule has 0 aromatic carbocycles. The van der Waals surface area contributed by atoms with E-state index in [0.717, 1.165) is 30.6 Å². The molecule has 1 aliphatic rings. The Balaban J connectivity index is 2.10. The molecule has 6 nitrogen and oxygen atoms in total. The van der Waals surface area contributed by atoms with Crippen molar-refractivity contribution >= 4 is 29.1 Å². The molecule has 0 unspecified atom stereocenters. The monoisotopic (exact) mass is 337 g/mol. The zero-order valence-corrected chi connectivity index (χ0v) is 14.1. The number of nitrogens with zero attached hydrogens (tertiary/aromatic N) is 1. The minimum Gasteiger partial charge on any atom is -0.368 e. The van der Waals surface area contributed by atoms with Crippen molar-refractivity contribution in [2.75, 3.05) is 6.54 Å². The van der Waals surface area contributed by atoms with Gasteiger partial charge in [-0.2, -0.15) is 0 Å². The number of hydrogen-bond acceptors (Lipinski definition) is 4. The van der Waals surface area contributed by atoms with Gasteiger partial charge in [-0.15, -0.1) is 11.3 Å². The Bertz CT molecular complexity index is 553. The Morgan fingerprint density at radius 2 is 2.09 bits per heavy atom. The third-order valence-corrected chi connectivity index (χ3v) is 5.04. The summed E-state index contributed by atoms with van der Waals surface area (Å²) < 4.78 is 0. The van der Waals surface area contributed by atoms with Crippen LogP contribution in [0.15, 0.2) is 17.5 Å². The van der Waals surface area contributed by atoms with E-state index in [1.54, 1.807) is 4.90 Å². The minimum atomic E-state index is -0.502. The summed E-state index contributed by atoms with van der Waals surface area (Å²) in [5.74, 6) is -0.821. The van der Waals surface area contributed by atoms with E-state index in [4.69, 9.17) is 5.73 Å². The molecule has 0 radical (unpaired) electrons. The van der Waals surface area contributed by atoms with E-state index in [1.807, 2.05) is 17.5 Å². The quantitative estimate of drug-likeness (QED) is 0.791. The summed E-state index contributed by atoms with van der Waals surface area (Å²) in [6.45, 7) is 1.38. The molecule has 1 saturated carbocycles. The molecule has 0 bridgehead atoms. The van der Waals surface area contributed by atoms with Crippen LogP contribution < -0.4 is 11.1 Å². The van der Waals surface area contributed by atoms with Crippen molar-refractivity contribution in [1.82, 2.24) is 10.2 Å². The first kappa shape index (κ1) is 17.5. The molecule has 0 spiro atoms. The number of hydrogen-bond donors (Lipinski definition) is 2. The van der Waals surface area contributed by atoms with Crippen molar-refractivity contribution in [3.63, 3.8) is 0 Å². The lowest BCUT2D eigenvalue weighted by Gasteiger charge is -2.29. The average Bonchev–Trinajstić information content (AvgIpc) is 3.16. The predicted molar refractivity (Wildman–Crippen MR) is 88.7 cm³/mol. The van der Waals surface area contributed by atoms with Crippen LogP contribution in [-0.2, 0) is 14.4 Å². The van der Waals surface area contributed by atoms with E-state index < -0.39 is 5.91 Å². The number of carbonyl (C=O) groups is 3. The molecule has 3 amide bonds. The van der Waals surface area contributed by atoms with Gasteiger partial charge in [-0.3, -0.25) is 14.4 Å². The predicted octanol–water partition coefficient (Wildman–Crippen LogP) is 1.57. The van der Waals surface area contributed by atoms with Crippen molar-refractivity contribution in [3.8, 4) is 0 Å². The van der Waals surface area contributed by atoms with Crippen LogP contribution in [0.25, 0.3) is 0 Å². The first-order valence-corrected chi connectivity index (χ1v) is 8.73. The van der Waals surface area contributed by atoms with Gasteiger partial charge in [0.25, 0.3) is 0 Å². The van der Waals surface area contributed by atoms with Gasteiger partial charge < -0.3 is 16.0 Å². The van der Waals surface area contributed by atoms with Gasteiger partial charge in [0.2, 0.25) is 17.7 Å². The molecule has 0 aliphatic heterocycles. The van der Waals surface area contributed by atoms with E-state index >= 15 is 0 Å². The summed E-state index contributed by atoms with van der Waals surface area (Å²) in [5, 5.41) is 4.73. The van der Waals surface area contributed by atoms with Crippen molar-refractivity contribution in [3.05, 3.63) is 22.4 Å². The molecule has 1 fully saturated rings. The fourth-order valence-electron chi connectivity index (χ4n) is 3.05. The van der Waals surface area contributed by atoms with Gasteiger partial charge in [-0.1, -0.05) is 18.9 Å². The van der Waals surface area contributed by atoms with Gasteiger partial charge in [0.05, 0.1) is 19.0 Å².